The summed E-state index contributed by atoms with van der Waals surface area (Å²) in [5, 5.41) is 0. The maximum absolute atomic E-state index is 12.2. The molecule has 0 aliphatic heterocycles. The summed E-state index contributed by atoms with van der Waals surface area (Å²) in [4.78, 5) is 14.3. The molecule has 3 nitrogen and oxygen atoms in total. The molecule has 0 aromatic carbocycles. The number of thiocarbonyl (C=S) groups is 1. The fourth-order valence-corrected chi connectivity index (χ4v) is 1.79. The second-order valence-electron chi connectivity index (χ2n) is 4.68. The van der Waals surface area contributed by atoms with Crippen LogP contribution in [0.15, 0.2) is 0 Å². The lowest BCUT2D eigenvalue weighted by atomic mass is 9.99. The molecule has 0 aliphatic carbocycles. The molecule has 0 aliphatic rings. The molecule has 94 valence electrons. The Morgan fingerprint density at radius 1 is 1.38 bits per heavy atom. The zero-order chi connectivity index (χ0) is 12.9. The number of nitrogens with zero attached hydrogens (tertiary/aromatic N) is 1. The van der Waals surface area contributed by atoms with Crippen molar-refractivity contribution in [1.29, 1.82) is 0 Å². The highest BCUT2D eigenvalue weighted by Crippen LogP contribution is 2.15. The topological polar surface area (TPSA) is 46.3 Å². The van der Waals surface area contributed by atoms with Crippen LogP contribution in [-0.4, -0.2) is 28.9 Å². The van der Waals surface area contributed by atoms with Crippen LogP contribution in [0, 0.1) is 11.8 Å². The van der Waals surface area contributed by atoms with Crippen molar-refractivity contribution in [1.82, 2.24) is 4.90 Å². The molecule has 0 aromatic heterocycles. The van der Waals surface area contributed by atoms with E-state index in [0.717, 1.165) is 12.8 Å². The summed E-state index contributed by atoms with van der Waals surface area (Å²) in [6, 6.07) is 0.209. The van der Waals surface area contributed by atoms with Gasteiger partial charge in [-0.1, -0.05) is 39.4 Å². The van der Waals surface area contributed by atoms with Gasteiger partial charge >= 0.3 is 0 Å². The van der Waals surface area contributed by atoms with E-state index >= 15 is 0 Å². The van der Waals surface area contributed by atoms with Crippen LogP contribution in [-0.2, 0) is 4.79 Å². The van der Waals surface area contributed by atoms with Gasteiger partial charge in [-0.3, -0.25) is 4.79 Å². The molecule has 2 N–H and O–H groups in total. The molecule has 0 spiro atoms. The Bertz CT molecular complexity index is 253. The third-order valence-electron chi connectivity index (χ3n) is 3.14. The van der Waals surface area contributed by atoms with Crippen LogP contribution in [0.3, 0.4) is 0 Å². The predicted molar refractivity (Wildman–Crippen MR) is 72.3 cm³/mol. The number of nitrogens with two attached hydrogens (primary N) is 1. The van der Waals surface area contributed by atoms with E-state index < -0.39 is 0 Å². The van der Waals surface area contributed by atoms with Crippen molar-refractivity contribution in [3.63, 3.8) is 0 Å². The lowest BCUT2D eigenvalue weighted by Gasteiger charge is -2.31. The molecular weight excluding hydrogens is 220 g/mol. The van der Waals surface area contributed by atoms with E-state index in [-0.39, 0.29) is 17.9 Å². The van der Waals surface area contributed by atoms with E-state index in [0.29, 0.717) is 10.9 Å². The number of amides is 1. The highest BCUT2D eigenvalue weighted by Gasteiger charge is 2.27. The summed E-state index contributed by atoms with van der Waals surface area (Å²) in [5.41, 5.74) is 5.62. The Kier molecular flexibility index (Phi) is 6.56. The summed E-state index contributed by atoms with van der Waals surface area (Å²) >= 11 is 4.96. The lowest BCUT2D eigenvalue weighted by Crippen LogP contribution is -2.45. The highest BCUT2D eigenvalue weighted by atomic mass is 32.1. The molecule has 2 unspecified atom stereocenters. The minimum atomic E-state index is -0.300. The van der Waals surface area contributed by atoms with Gasteiger partial charge in [-0.15, -0.1) is 0 Å². The monoisotopic (exact) mass is 244 g/mol. The second kappa shape index (κ2) is 6.84. The molecule has 4 heteroatoms. The smallest absolute Gasteiger partial charge is 0.232 e. The third kappa shape index (κ3) is 4.08. The highest BCUT2D eigenvalue weighted by molar-refractivity contribution is 7.80. The lowest BCUT2D eigenvalue weighted by molar-refractivity contribution is -0.134. The maximum Gasteiger partial charge on any atom is 0.232 e. The molecule has 0 saturated heterocycles. The first-order valence-electron chi connectivity index (χ1n) is 5.88. The minimum absolute atomic E-state index is 0.0514. The first kappa shape index (κ1) is 15.4. The minimum Gasteiger partial charge on any atom is -0.393 e. The van der Waals surface area contributed by atoms with E-state index in [4.69, 9.17) is 18.0 Å². The first-order chi connectivity index (χ1) is 7.32. The summed E-state index contributed by atoms with van der Waals surface area (Å²) < 4.78 is 0. The van der Waals surface area contributed by atoms with Gasteiger partial charge in [0.2, 0.25) is 5.91 Å². The van der Waals surface area contributed by atoms with Crippen LogP contribution in [0.1, 0.15) is 40.5 Å². The number of carbonyl (C=O) groups excluding carboxylic acids is 1. The van der Waals surface area contributed by atoms with Gasteiger partial charge in [0.1, 0.15) is 0 Å². The van der Waals surface area contributed by atoms with Crippen LogP contribution >= 0.6 is 12.2 Å². The van der Waals surface area contributed by atoms with Crippen molar-refractivity contribution < 1.29 is 4.79 Å². The van der Waals surface area contributed by atoms with Crippen LogP contribution < -0.4 is 5.73 Å². The van der Waals surface area contributed by atoms with E-state index in [2.05, 4.69) is 13.8 Å². The Morgan fingerprint density at radius 3 is 2.19 bits per heavy atom. The van der Waals surface area contributed by atoms with Gasteiger partial charge in [-0.25, -0.2) is 0 Å². The molecule has 0 bridgehead atoms. The Labute approximate surface area is 104 Å². The molecule has 2 atom stereocenters. The molecule has 1 amide bonds. The van der Waals surface area contributed by atoms with E-state index in [1.54, 1.807) is 4.90 Å². The predicted octanol–water partition coefficient (Wildman–Crippen LogP) is 2.19. The van der Waals surface area contributed by atoms with E-state index in [1.165, 1.54) is 0 Å². The Morgan fingerprint density at radius 2 is 1.88 bits per heavy atom. The summed E-state index contributed by atoms with van der Waals surface area (Å²) in [7, 11) is 1.83. The SMILES string of the molecule is CCCC(C(=O)N(C)C(C)C(C)C)C(N)=S. The van der Waals surface area contributed by atoms with Gasteiger partial charge in [0.05, 0.1) is 10.9 Å². The van der Waals surface area contributed by atoms with E-state index in [9.17, 15) is 4.79 Å². The Balaban J connectivity index is 4.67. The van der Waals surface area contributed by atoms with Crippen molar-refractivity contribution in [2.24, 2.45) is 17.6 Å². The van der Waals surface area contributed by atoms with Crippen molar-refractivity contribution in [2.75, 3.05) is 7.05 Å². The number of hydrogen-bond donors (Lipinski definition) is 1. The molecule has 0 aromatic rings. The van der Waals surface area contributed by atoms with E-state index in [1.807, 2.05) is 20.9 Å². The molecule has 0 rings (SSSR count). The van der Waals surface area contributed by atoms with Gasteiger partial charge in [0, 0.05) is 13.1 Å². The number of carbonyl (C=O) groups is 1. The molecule has 0 fully saturated rings. The third-order valence-corrected chi connectivity index (χ3v) is 3.43. The fraction of sp³-hybridized carbons (Fsp3) is 0.833. The Hall–Kier alpha value is -0.640. The van der Waals surface area contributed by atoms with Crippen molar-refractivity contribution in [3.8, 4) is 0 Å². The fourth-order valence-electron chi connectivity index (χ4n) is 1.57. The van der Waals surface area contributed by atoms with Crippen LogP contribution in [0.25, 0.3) is 0 Å². The normalized spacial score (nSPS) is 14.6. The largest absolute Gasteiger partial charge is 0.393 e. The molecular formula is C12H24N2OS. The van der Waals surface area contributed by atoms with Gasteiger partial charge in [-0.05, 0) is 19.3 Å². The number of rotatable bonds is 6. The zero-order valence-electron chi connectivity index (χ0n) is 11.0. The zero-order valence-corrected chi connectivity index (χ0v) is 11.8. The van der Waals surface area contributed by atoms with Gasteiger partial charge in [0.25, 0.3) is 0 Å². The quantitative estimate of drug-likeness (QED) is 0.729. The van der Waals surface area contributed by atoms with Crippen molar-refractivity contribution >= 4 is 23.1 Å². The summed E-state index contributed by atoms with van der Waals surface area (Å²) in [5.74, 6) is 0.185. The van der Waals surface area contributed by atoms with Gasteiger partial charge in [-0.2, -0.15) is 0 Å². The van der Waals surface area contributed by atoms with Crippen LogP contribution in [0.2, 0.25) is 0 Å². The molecule has 0 saturated carbocycles. The summed E-state index contributed by atoms with van der Waals surface area (Å²) in [6.07, 6.45) is 1.65. The molecule has 16 heavy (non-hydrogen) atoms. The maximum atomic E-state index is 12.2. The van der Waals surface area contributed by atoms with Gasteiger partial charge in [0.15, 0.2) is 0 Å². The van der Waals surface area contributed by atoms with Crippen LogP contribution in [0.4, 0.5) is 0 Å². The van der Waals surface area contributed by atoms with Gasteiger partial charge < -0.3 is 10.6 Å². The molecule has 0 radical (unpaired) electrons. The standard InChI is InChI=1S/C12H24N2OS/c1-6-7-10(11(13)16)12(15)14(5)9(4)8(2)3/h8-10H,6-7H2,1-5H3,(H2,13,16). The van der Waals surface area contributed by atoms with Crippen molar-refractivity contribution in [3.05, 3.63) is 0 Å². The van der Waals surface area contributed by atoms with Crippen LogP contribution in [0.5, 0.6) is 0 Å². The second-order valence-corrected chi connectivity index (χ2v) is 5.15. The van der Waals surface area contributed by atoms with Crippen molar-refractivity contribution in [2.45, 2.75) is 46.6 Å². The average Bonchev–Trinajstić information content (AvgIpc) is 2.22. The molecule has 0 heterocycles. The number of hydrogen-bond acceptors (Lipinski definition) is 2. The first-order valence-corrected chi connectivity index (χ1v) is 6.29. The average molecular weight is 244 g/mol. The summed E-state index contributed by atoms with van der Waals surface area (Å²) in [6.45, 7) is 8.28.